The smallest absolute Gasteiger partial charge is 0.171 e. The van der Waals surface area contributed by atoms with Gasteiger partial charge in [0.05, 0.1) is 0 Å². The Morgan fingerprint density at radius 1 is 1.32 bits per heavy atom. The van der Waals surface area contributed by atoms with Crippen LogP contribution in [-0.4, -0.2) is 22.9 Å². The molecule has 1 N–H and O–H groups in total. The van der Waals surface area contributed by atoms with Crippen LogP contribution in [0.4, 0.5) is 0 Å². The van der Waals surface area contributed by atoms with Crippen molar-refractivity contribution < 1.29 is 9.85 Å². The summed E-state index contributed by atoms with van der Waals surface area (Å²) in [6, 6.07) is 0.0216. The Bertz CT molecular complexity index is 582. The van der Waals surface area contributed by atoms with Crippen LogP contribution in [-0.2, 0) is 0 Å². The van der Waals surface area contributed by atoms with Gasteiger partial charge in [0.25, 0.3) is 0 Å². The molecule has 0 amide bonds. The van der Waals surface area contributed by atoms with Crippen LogP contribution in [0.5, 0.6) is 0 Å². The first kappa shape index (κ1) is 12.6. The van der Waals surface area contributed by atoms with Crippen molar-refractivity contribution >= 4 is 0 Å². The van der Waals surface area contributed by atoms with Crippen LogP contribution in [0.3, 0.4) is 0 Å². The Morgan fingerprint density at radius 3 is 2.79 bits per heavy atom. The quantitative estimate of drug-likeness (QED) is 0.652. The van der Waals surface area contributed by atoms with Gasteiger partial charge in [0.15, 0.2) is 11.7 Å². The van der Waals surface area contributed by atoms with E-state index in [-0.39, 0.29) is 16.1 Å². The summed E-state index contributed by atoms with van der Waals surface area (Å²) in [5.41, 5.74) is 4.91. The number of quaternary nitrogens is 1. The number of fused-ring (bicyclic) bond motifs is 2. The maximum Gasteiger partial charge on any atom is 0.171 e. The van der Waals surface area contributed by atoms with E-state index in [9.17, 15) is 5.21 Å². The normalized spacial score (nSPS) is 35.5. The Hall–Kier alpha value is -1.38. The third kappa shape index (κ3) is 1.87. The Morgan fingerprint density at radius 2 is 2.05 bits per heavy atom. The molecule has 1 heterocycles. The lowest BCUT2D eigenvalue weighted by molar-refractivity contribution is -1.07. The zero-order chi connectivity index (χ0) is 13.8. The second kappa shape index (κ2) is 3.81. The largest absolute Gasteiger partial charge is 0.211 e. The molecular formula is C17H22NO+. The van der Waals surface area contributed by atoms with Crippen molar-refractivity contribution in [1.82, 2.24) is 0 Å². The summed E-state index contributed by atoms with van der Waals surface area (Å²) in [5, 5.41) is 11.0. The van der Waals surface area contributed by atoms with Crippen LogP contribution in [0.1, 0.15) is 27.2 Å². The molecule has 0 aromatic carbocycles. The first-order valence-electron chi connectivity index (χ1n) is 6.90. The van der Waals surface area contributed by atoms with E-state index in [4.69, 9.17) is 0 Å². The highest BCUT2D eigenvalue weighted by molar-refractivity contribution is 5.52. The van der Waals surface area contributed by atoms with Gasteiger partial charge in [-0.05, 0) is 36.5 Å². The van der Waals surface area contributed by atoms with Crippen molar-refractivity contribution in [3.8, 4) is 0 Å². The van der Waals surface area contributed by atoms with E-state index in [1.807, 2.05) is 19.2 Å². The van der Waals surface area contributed by atoms with Gasteiger partial charge >= 0.3 is 0 Å². The molecule has 3 aliphatic rings. The van der Waals surface area contributed by atoms with E-state index in [1.165, 1.54) is 16.7 Å². The van der Waals surface area contributed by atoms with Crippen molar-refractivity contribution in [2.24, 2.45) is 5.41 Å². The maximum absolute atomic E-state index is 11.0. The number of likely N-dealkylation sites (N-methyl/N-ethyl adjacent to an activating group) is 1. The molecule has 0 bridgehead atoms. The van der Waals surface area contributed by atoms with Crippen LogP contribution in [0.2, 0.25) is 0 Å². The van der Waals surface area contributed by atoms with E-state index < -0.39 is 0 Å². The molecule has 2 atom stereocenters. The van der Waals surface area contributed by atoms with Gasteiger partial charge in [0, 0.05) is 11.1 Å². The Balaban J connectivity index is 2.23. The van der Waals surface area contributed by atoms with Gasteiger partial charge < -0.3 is 0 Å². The molecule has 0 aromatic rings. The van der Waals surface area contributed by atoms with Gasteiger partial charge in [-0.2, -0.15) is 0 Å². The van der Waals surface area contributed by atoms with Gasteiger partial charge in [0.1, 0.15) is 7.05 Å². The summed E-state index contributed by atoms with van der Waals surface area (Å²) in [7, 11) is 1.90. The van der Waals surface area contributed by atoms with Crippen molar-refractivity contribution in [3.63, 3.8) is 0 Å². The maximum atomic E-state index is 11.0. The first-order valence-corrected chi connectivity index (χ1v) is 6.90. The fraction of sp³-hybridized carbons (Fsp3) is 0.412. The van der Waals surface area contributed by atoms with E-state index in [2.05, 4.69) is 45.1 Å². The van der Waals surface area contributed by atoms with Gasteiger partial charge in [-0.3, -0.25) is 0 Å². The minimum absolute atomic E-state index is 0.0216. The third-order valence-corrected chi connectivity index (χ3v) is 4.30. The minimum atomic E-state index is -0.0551. The van der Waals surface area contributed by atoms with Crippen LogP contribution in [0.15, 0.2) is 58.9 Å². The fourth-order valence-corrected chi connectivity index (χ4v) is 3.77. The van der Waals surface area contributed by atoms with E-state index in [1.54, 1.807) is 0 Å². The van der Waals surface area contributed by atoms with Gasteiger partial charge in [-0.25, -0.2) is 5.21 Å². The van der Waals surface area contributed by atoms with Gasteiger partial charge in [-0.1, -0.05) is 38.2 Å². The van der Waals surface area contributed by atoms with Crippen LogP contribution in [0, 0.1) is 5.41 Å². The molecule has 1 aliphatic heterocycles. The molecule has 2 heteroatoms. The minimum Gasteiger partial charge on any atom is -0.211 e. The highest BCUT2D eigenvalue weighted by Gasteiger charge is 2.45. The highest BCUT2D eigenvalue weighted by Crippen LogP contribution is 2.45. The van der Waals surface area contributed by atoms with E-state index in [0.717, 1.165) is 12.1 Å². The number of hydroxylamine groups is 3. The van der Waals surface area contributed by atoms with Crippen LogP contribution >= 0.6 is 0 Å². The monoisotopic (exact) mass is 256 g/mol. The number of allylic oxidation sites excluding steroid dienone is 5. The number of hydrogen-bond acceptors (Lipinski definition) is 1. The molecule has 0 radical (unpaired) electrons. The number of nitrogens with zero attached hydrogens (tertiary/aromatic N) is 1. The molecule has 0 saturated heterocycles. The molecule has 0 spiro atoms. The molecule has 3 rings (SSSR count). The van der Waals surface area contributed by atoms with Crippen molar-refractivity contribution in [3.05, 3.63) is 58.9 Å². The average Bonchev–Trinajstić information content (AvgIpc) is 2.25. The molecule has 100 valence electrons. The molecule has 19 heavy (non-hydrogen) atoms. The fourth-order valence-electron chi connectivity index (χ4n) is 3.77. The Labute approximate surface area is 115 Å². The SMILES string of the molecule is CC1=C2C(=CC(C)(C)C1)C=C1C=CC=CC1[N+]2(C)O. The summed E-state index contributed by atoms with van der Waals surface area (Å²) >= 11 is 0. The molecule has 0 saturated carbocycles. The Kier molecular flexibility index (Phi) is 2.54. The van der Waals surface area contributed by atoms with Gasteiger partial charge in [0.2, 0.25) is 0 Å². The summed E-state index contributed by atoms with van der Waals surface area (Å²) in [5.74, 6) is 0. The lowest BCUT2D eigenvalue weighted by Gasteiger charge is -2.42. The molecule has 2 aliphatic carbocycles. The van der Waals surface area contributed by atoms with Crippen LogP contribution < -0.4 is 0 Å². The first-order chi connectivity index (χ1) is 8.81. The lowest BCUT2D eigenvalue weighted by Crippen LogP contribution is -2.52. The summed E-state index contributed by atoms with van der Waals surface area (Å²) in [4.78, 5) is 0. The lowest BCUT2D eigenvalue weighted by atomic mass is 9.75. The van der Waals surface area contributed by atoms with E-state index >= 15 is 0 Å². The predicted octanol–water partition coefficient (Wildman–Crippen LogP) is 3.89. The summed E-state index contributed by atoms with van der Waals surface area (Å²) in [6.07, 6.45) is 13.8. The summed E-state index contributed by atoms with van der Waals surface area (Å²) in [6.45, 7) is 6.66. The molecular weight excluding hydrogens is 234 g/mol. The standard InChI is InChI=1S/C17H22NO/c1-12-10-17(2,3)11-14-9-13-7-5-6-8-15(13)18(4,19)16(12)14/h5-9,11,15,19H,10H2,1-4H3/q+1. The second-order valence-corrected chi connectivity index (χ2v) is 6.75. The topological polar surface area (TPSA) is 20.2 Å². The van der Waals surface area contributed by atoms with Crippen molar-refractivity contribution in [2.45, 2.75) is 33.2 Å². The average molecular weight is 256 g/mol. The zero-order valence-corrected chi connectivity index (χ0v) is 12.1. The van der Waals surface area contributed by atoms with Crippen molar-refractivity contribution in [2.75, 3.05) is 7.05 Å². The zero-order valence-electron chi connectivity index (χ0n) is 12.1. The van der Waals surface area contributed by atoms with Crippen LogP contribution in [0.25, 0.3) is 0 Å². The molecule has 0 aromatic heterocycles. The second-order valence-electron chi connectivity index (χ2n) is 6.75. The highest BCUT2D eigenvalue weighted by atomic mass is 16.5. The molecule has 2 nitrogen and oxygen atoms in total. The molecule has 2 unspecified atom stereocenters. The molecule has 0 fully saturated rings. The third-order valence-electron chi connectivity index (χ3n) is 4.30. The van der Waals surface area contributed by atoms with E-state index in [0.29, 0.717) is 0 Å². The number of rotatable bonds is 0. The number of hydrogen-bond donors (Lipinski definition) is 1. The predicted molar refractivity (Wildman–Crippen MR) is 77.3 cm³/mol. The van der Waals surface area contributed by atoms with Gasteiger partial charge in [-0.15, -0.1) is 4.65 Å². The van der Waals surface area contributed by atoms with Crippen molar-refractivity contribution in [1.29, 1.82) is 0 Å². The summed E-state index contributed by atoms with van der Waals surface area (Å²) < 4.78 is -0.0551.